The average molecular weight is 459 g/mol. The van der Waals surface area contributed by atoms with Gasteiger partial charge < -0.3 is 24.8 Å². The maximum absolute atomic E-state index is 13.4. The van der Waals surface area contributed by atoms with Gasteiger partial charge in [0.1, 0.15) is 0 Å². The number of carbonyl (C=O) groups is 1. The number of rotatable bonds is 5. The summed E-state index contributed by atoms with van der Waals surface area (Å²) >= 11 is 0. The second kappa shape index (κ2) is 9.03. The lowest BCUT2D eigenvalue weighted by atomic mass is 9.97. The van der Waals surface area contributed by atoms with E-state index in [1.807, 2.05) is 6.07 Å². The van der Waals surface area contributed by atoms with E-state index in [1.165, 1.54) is 19.2 Å². The van der Waals surface area contributed by atoms with Crippen molar-refractivity contribution in [1.29, 1.82) is 5.26 Å². The lowest BCUT2D eigenvalue weighted by Crippen LogP contribution is -2.27. The number of nitrogens with zero attached hydrogens (tertiary/aromatic N) is 3. The third kappa shape index (κ3) is 4.04. The SMILES string of the molecule is COc1ccc(C2=NN(C(=O)c3cc(O)c(O)c(O)c3)C(c3ccc(C#N)cc3)C2)cc1OC. The summed E-state index contributed by atoms with van der Waals surface area (Å²) < 4.78 is 10.7. The molecule has 0 spiro atoms. The van der Waals surface area contributed by atoms with E-state index in [4.69, 9.17) is 14.7 Å². The van der Waals surface area contributed by atoms with Crippen molar-refractivity contribution in [2.45, 2.75) is 12.5 Å². The van der Waals surface area contributed by atoms with E-state index < -0.39 is 29.2 Å². The summed E-state index contributed by atoms with van der Waals surface area (Å²) in [6.07, 6.45) is 0.364. The minimum Gasteiger partial charge on any atom is -0.504 e. The van der Waals surface area contributed by atoms with Crippen LogP contribution in [0.4, 0.5) is 0 Å². The zero-order valence-electron chi connectivity index (χ0n) is 18.4. The van der Waals surface area contributed by atoms with E-state index in [-0.39, 0.29) is 5.56 Å². The van der Waals surface area contributed by atoms with Crippen LogP contribution in [0.3, 0.4) is 0 Å². The van der Waals surface area contributed by atoms with Gasteiger partial charge in [-0.05, 0) is 48.0 Å². The Hall–Kier alpha value is -4.71. The van der Waals surface area contributed by atoms with E-state index >= 15 is 0 Å². The largest absolute Gasteiger partial charge is 0.504 e. The second-order valence-electron chi connectivity index (χ2n) is 7.58. The minimum absolute atomic E-state index is 0.0521. The molecule has 34 heavy (non-hydrogen) atoms. The Morgan fingerprint density at radius 2 is 1.65 bits per heavy atom. The van der Waals surface area contributed by atoms with Gasteiger partial charge >= 0.3 is 0 Å². The van der Waals surface area contributed by atoms with Gasteiger partial charge in [0, 0.05) is 17.5 Å². The van der Waals surface area contributed by atoms with Gasteiger partial charge in [0.2, 0.25) is 0 Å². The van der Waals surface area contributed by atoms with Gasteiger partial charge in [0.15, 0.2) is 28.7 Å². The number of amides is 1. The first-order valence-electron chi connectivity index (χ1n) is 10.2. The molecule has 0 saturated carbocycles. The molecule has 172 valence electrons. The van der Waals surface area contributed by atoms with Crippen LogP contribution in [-0.2, 0) is 0 Å². The molecule has 9 nitrogen and oxygen atoms in total. The zero-order chi connectivity index (χ0) is 24.4. The first kappa shape index (κ1) is 22.5. The number of ether oxygens (including phenoxy) is 2. The number of hydrogen-bond donors (Lipinski definition) is 3. The number of aromatic hydroxyl groups is 3. The number of nitriles is 1. The van der Waals surface area contributed by atoms with Gasteiger partial charge in [-0.25, -0.2) is 5.01 Å². The van der Waals surface area contributed by atoms with E-state index in [2.05, 4.69) is 11.2 Å². The number of phenolic OH excluding ortho intramolecular Hbond substituents is 3. The van der Waals surface area contributed by atoms with Crippen molar-refractivity contribution in [3.05, 3.63) is 76.9 Å². The highest BCUT2D eigenvalue weighted by molar-refractivity contribution is 6.05. The topological polar surface area (TPSA) is 136 Å². The van der Waals surface area contributed by atoms with Gasteiger partial charge in [0.25, 0.3) is 5.91 Å². The Kier molecular flexibility index (Phi) is 5.97. The molecule has 0 radical (unpaired) electrons. The molecule has 1 heterocycles. The molecule has 3 N–H and O–H groups in total. The monoisotopic (exact) mass is 459 g/mol. The Morgan fingerprint density at radius 3 is 2.24 bits per heavy atom. The molecule has 3 aromatic carbocycles. The molecule has 0 aliphatic carbocycles. The number of benzene rings is 3. The Morgan fingerprint density at radius 1 is 1.00 bits per heavy atom. The van der Waals surface area contributed by atoms with E-state index in [9.17, 15) is 20.1 Å². The number of phenols is 3. The third-order valence-electron chi connectivity index (χ3n) is 5.58. The summed E-state index contributed by atoms with van der Waals surface area (Å²) in [4.78, 5) is 13.4. The fourth-order valence-corrected chi connectivity index (χ4v) is 3.79. The molecular weight excluding hydrogens is 438 g/mol. The van der Waals surface area contributed by atoms with Crippen molar-refractivity contribution in [1.82, 2.24) is 5.01 Å². The van der Waals surface area contributed by atoms with Crippen LogP contribution in [-0.4, -0.2) is 46.2 Å². The third-order valence-corrected chi connectivity index (χ3v) is 5.58. The fourth-order valence-electron chi connectivity index (χ4n) is 3.79. The highest BCUT2D eigenvalue weighted by Crippen LogP contribution is 2.39. The average Bonchev–Trinajstić information content (AvgIpc) is 3.31. The Labute approximate surface area is 195 Å². The van der Waals surface area contributed by atoms with Crippen LogP contribution in [0.2, 0.25) is 0 Å². The molecular formula is C25H21N3O6. The molecule has 0 fully saturated rings. The molecule has 1 amide bonds. The van der Waals surface area contributed by atoms with Crippen molar-refractivity contribution < 1.29 is 29.6 Å². The number of hydrazone groups is 1. The molecule has 1 unspecified atom stereocenters. The highest BCUT2D eigenvalue weighted by atomic mass is 16.5. The van der Waals surface area contributed by atoms with Crippen LogP contribution >= 0.6 is 0 Å². The minimum atomic E-state index is -0.712. The van der Waals surface area contributed by atoms with E-state index in [1.54, 1.807) is 36.4 Å². The van der Waals surface area contributed by atoms with Crippen molar-refractivity contribution in [3.8, 4) is 34.8 Å². The number of hydrogen-bond acceptors (Lipinski definition) is 8. The lowest BCUT2D eigenvalue weighted by molar-refractivity contribution is 0.0710. The first-order chi connectivity index (χ1) is 16.4. The molecule has 4 rings (SSSR count). The van der Waals surface area contributed by atoms with Crippen LogP contribution in [0, 0.1) is 11.3 Å². The predicted molar refractivity (Wildman–Crippen MR) is 122 cm³/mol. The van der Waals surface area contributed by atoms with Gasteiger partial charge in [-0.1, -0.05) is 12.1 Å². The van der Waals surface area contributed by atoms with Crippen LogP contribution < -0.4 is 9.47 Å². The van der Waals surface area contributed by atoms with E-state index in [0.717, 1.165) is 23.3 Å². The molecule has 9 heteroatoms. The van der Waals surface area contributed by atoms with Crippen molar-refractivity contribution in [2.24, 2.45) is 5.10 Å². The standard InChI is InChI=1S/C25H21N3O6/c1-33-22-8-7-16(11-23(22)34-2)18-12-19(15-5-3-14(13-26)4-6-15)28(27-18)25(32)17-9-20(29)24(31)21(30)10-17/h3-11,19,29-31H,12H2,1-2H3. The van der Waals surface area contributed by atoms with Crippen LogP contribution in [0.5, 0.6) is 28.7 Å². The van der Waals surface area contributed by atoms with Gasteiger partial charge in [-0.2, -0.15) is 10.4 Å². The fraction of sp³-hybridized carbons (Fsp3) is 0.160. The predicted octanol–water partition coefficient (Wildman–Crippen LogP) is 3.68. The van der Waals surface area contributed by atoms with Gasteiger partial charge in [0.05, 0.1) is 37.6 Å². The zero-order valence-corrected chi connectivity index (χ0v) is 18.4. The molecule has 0 saturated heterocycles. The number of carbonyl (C=O) groups excluding carboxylic acids is 1. The highest BCUT2D eigenvalue weighted by Gasteiger charge is 2.34. The molecule has 1 atom stereocenters. The van der Waals surface area contributed by atoms with Crippen LogP contribution in [0.15, 0.2) is 59.7 Å². The summed E-state index contributed by atoms with van der Waals surface area (Å²) in [6.45, 7) is 0. The van der Waals surface area contributed by atoms with Crippen molar-refractivity contribution in [3.63, 3.8) is 0 Å². The summed E-state index contributed by atoms with van der Waals surface area (Å²) in [5.74, 6) is -1.48. The second-order valence-corrected chi connectivity index (χ2v) is 7.58. The quantitative estimate of drug-likeness (QED) is 0.495. The van der Waals surface area contributed by atoms with Gasteiger partial charge in [-0.3, -0.25) is 4.79 Å². The molecule has 1 aliphatic heterocycles. The normalized spacial score (nSPS) is 14.9. The Balaban J connectivity index is 1.77. The summed E-state index contributed by atoms with van der Waals surface area (Å²) in [6, 6.07) is 15.8. The van der Waals surface area contributed by atoms with Crippen LogP contribution in [0.1, 0.15) is 39.5 Å². The maximum atomic E-state index is 13.4. The summed E-state index contributed by atoms with van der Waals surface area (Å²) in [5.41, 5.74) is 2.51. The van der Waals surface area contributed by atoms with Crippen molar-refractivity contribution >= 4 is 11.6 Å². The molecule has 0 bridgehead atoms. The first-order valence-corrected chi connectivity index (χ1v) is 10.2. The molecule has 1 aliphatic rings. The maximum Gasteiger partial charge on any atom is 0.274 e. The smallest absolute Gasteiger partial charge is 0.274 e. The van der Waals surface area contributed by atoms with Gasteiger partial charge in [-0.15, -0.1) is 0 Å². The Bertz CT molecular complexity index is 1300. The lowest BCUT2D eigenvalue weighted by Gasteiger charge is -2.22. The van der Waals surface area contributed by atoms with Crippen LogP contribution in [0.25, 0.3) is 0 Å². The molecule has 0 aromatic heterocycles. The molecule has 3 aromatic rings. The summed E-state index contributed by atoms with van der Waals surface area (Å²) in [5, 5.41) is 44.3. The van der Waals surface area contributed by atoms with E-state index in [0.29, 0.717) is 29.2 Å². The van der Waals surface area contributed by atoms with Crippen molar-refractivity contribution in [2.75, 3.05) is 14.2 Å². The number of methoxy groups -OCH3 is 2. The summed E-state index contributed by atoms with van der Waals surface area (Å²) in [7, 11) is 3.06.